The summed E-state index contributed by atoms with van der Waals surface area (Å²) >= 11 is 0. The predicted octanol–water partition coefficient (Wildman–Crippen LogP) is 1.78. The molecule has 2 aromatic heterocycles. The fraction of sp³-hybridized carbons (Fsp3) is 0.500. The number of anilines is 2. The number of nitrogens with zero attached hydrogens (tertiary/aromatic N) is 4. The van der Waals surface area contributed by atoms with Gasteiger partial charge in [0.15, 0.2) is 11.6 Å². The Morgan fingerprint density at radius 2 is 2.12 bits per heavy atom. The number of ether oxygens (including phenoxy) is 1. The molecule has 0 saturated carbocycles. The van der Waals surface area contributed by atoms with Crippen molar-refractivity contribution in [3.05, 3.63) is 30.5 Å². The molecule has 0 fully saturated rings. The second-order valence-corrected chi connectivity index (χ2v) is 5.42. The van der Waals surface area contributed by atoms with E-state index in [1.165, 1.54) is 6.20 Å². The molecular weight excluding hydrogens is 308 g/mol. The lowest BCUT2D eigenvalue weighted by molar-refractivity contribution is 0.275. The van der Waals surface area contributed by atoms with E-state index < -0.39 is 0 Å². The van der Waals surface area contributed by atoms with E-state index in [1.54, 1.807) is 18.6 Å². The van der Waals surface area contributed by atoms with Gasteiger partial charge in [0.1, 0.15) is 6.61 Å². The molecule has 0 bridgehead atoms. The smallest absolute Gasteiger partial charge is 0.222 e. The van der Waals surface area contributed by atoms with Crippen molar-refractivity contribution in [2.24, 2.45) is 0 Å². The number of nitrogens with one attached hydrogen (secondary N) is 1. The van der Waals surface area contributed by atoms with Crippen LogP contribution in [-0.4, -0.2) is 37.7 Å². The maximum absolute atomic E-state index is 9.25. The molecule has 4 N–H and O–H groups in total. The number of aliphatic hydroxyl groups is 1. The van der Waals surface area contributed by atoms with Crippen LogP contribution in [0.5, 0.6) is 5.75 Å². The van der Waals surface area contributed by atoms with Crippen molar-refractivity contribution in [3.63, 3.8) is 0 Å². The van der Waals surface area contributed by atoms with Crippen LogP contribution < -0.4 is 15.8 Å². The zero-order valence-electron chi connectivity index (χ0n) is 13.9. The first-order valence-corrected chi connectivity index (χ1v) is 8.10. The highest BCUT2D eigenvalue weighted by molar-refractivity contribution is 5.51. The van der Waals surface area contributed by atoms with Crippen LogP contribution in [0, 0.1) is 0 Å². The van der Waals surface area contributed by atoms with Gasteiger partial charge >= 0.3 is 0 Å². The van der Waals surface area contributed by atoms with Crippen molar-refractivity contribution in [2.75, 3.05) is 17.7 Å². The van der Waals surface area contributed by atoms with Crippen LogP contribution in [0.4, 0.5) is 11.8 Å². The van der Waals surface area contributed by atoms with E-state index in [0.29, 0.717) is 23.7 Å². The first-order valence-electron chi connectivity index (χ1n) is 8.10. The summed E-state index contributed by atoms with van der Waals surface area (Å²) in [6.45, 7) is 2.50. The average molecular weight is 332 g/mol. The average Bonchev–Trinajstić information content (AvgIpc) is 2.60. The summed E-state index contributed by atoms with van der Waals surface area (Å²) in [5, 5.41) is 12.6. The lowest BCUT2D eigenvalue weighted by atomic mass is 10.1. The quantitative estimate of drug-likeness (QED) is 0.602. The fourth-order valence-electron chi connectivity index (χ4n) is 2.24. The molecule has 8 heteroatoms. The Hall–Kier alpha value is -2.48. The molecular formula is C16H24N6O2. The number of unbranched alkanes of at least 4 members (excludes halogenated alkanes) is 1. The zero-order chi connectivity index (χ0) is 17.2. The van der Waals surface area contributed by atoms with Crippen molar-refractivity contribution in [2.45, 2.75) is 45.3 Å². The van der Waals surface area contributed by atoms with Gasteiger partial charge in [0.2, 0.25) is 5.95 Å². The van der Waals surface area contributed by atoms with Gasteiger partial charge in [-0.15, -0.1) is 0 Å². The standard InChI is InChI=1S/C16H24N6O2/c1-2-3-4-12(5-8-23)21-15-14(10-20-16(17)22-15)24-11-13-9-18-6-7-19-13/h6-7,9-10,12,23H,2-5,8,11H2,1H3,(H3,17,20,21,22)/t12-/m0/s1. The topological polar surface area (TPSA) is 119 Å². The molecule has 2 rings (SSSR count). The zero-order valence-corrected chi connectivity index (χ0v) is 13.9. The molecule has 0 aliphatic carbocycles. The molecule has 1 atom stereocenters. The SMILES string of the molecule is CCCC[C@@H](CCO)Nc1nc(N)ncc1OCc1cnccn1. The highest BCUT2D eigenvalue weighted by Gasteiger charge is 2.14. The number of hydrogen-bond acceptors (Lipinski definition) is 8. The highest BCUT2D eigenvalue weighted by Crippen LogP contribution is 2.24. The van der Waals surface area contributed by atoms with Crippen molar-refractivity contribution in [3.8, 4) is 5.75 Å². The summed E-state index contributed by atoms with van der Waals surface area (Å²) in [6, 6.07) is 0.100. The van der Waals surface area contributed by atoms with Crippen LogP contribution in [0.25, 0.3) is 0 Å². The van der Waals surface area contributed by atoms with Gasteiger partial charge in [0.05, 0.1) is 18.1 Å². The normalized spacial score (nSPS) is 11.9. The van der Waals surface area contributed by atoms with Crippen LogP contribution in [0.2, 0.25) is 0 Å². The molecule has 0 aromatic carbocycles. The van der Waals surface area contributed by atoms with Gasteiger partial charge in [0, 0.05) is 25.0 Å². The van der Waals surface area contributed by atoms with E-state index in [-0.39, 0.29) is 25.2 Å². The van der Waals surface area contributed by atoms with Gasteiger partial charge in [-0.2, -0.15) is 4.98 Å². The van der Waals surface area contributed by atoms with E-state index in [0.717, 1.165) is 19.3 Å². The Bertz CT molecular complexity index is 611. The third-order valence-corrected chi connectivity index (χ3v) is 3.49. The van der Waals surface area contributed by atoms with Crippen LogP contribution >= 0.6 is 0 Å². The van der Waals surface area contributed by atoms with Gasteiger partial charge < -0.3 is 20.9 Å². The fourth-order valence-corrected chi connectivity index (χ4v) is 2.24. The second-order valence-electron chi connectivity index (χ2n) is 5.42. The minimum atomic E-state index is 0.100. The summed E-state index contributed by atoms with van der Waals surface area (Å²) < 4.78 is 5.75. The number of rotatable bonds is 10. The van der Waals surface area contributed by atoms with E-state index in [1.807, 2.05) is 0 Å². The van der Waals surface area contributed by atoms with Gasteiger partial charge in [-0.05, 0) is 12.8 Å². The molecule has 2 aromatic rings. The molecule has 24 heavy (non-hydrogen) atoms. The molecule has 8 nitrogen and oxygen atoms in total. The Kier molecular flexibility index (Phi) is 7.16. The summed E-state index contributed by atoms with van der Waals surface area (Å²) in [5.41, 5.74) is 6.40. The predicted molar refractivity (Wildman–Crippen MR) is 91.4 cm³/mol. The number of nitrogens with two attached hydrogens (primary N) is 1. The molecule has 0 aliphatic heterocycles. The Labute approximate surface area is 141 Å². The monoisotopic (exact) mass is 332 g/mol. The third kappa shape index (κ3) is 5.62. The molecule has 0 unspecified atom stereocenters. The molecule has 0 saturated heterocycles. The van der Waals surface area contributed by atoms with Gasteiger partial charge in [-0.1, -0.05) is 19.8 Å². The number of aromatic nitrogens is 4. The molecule has 0 amide bonds. The van der Waals surface area contributed by atoms with Crippen molar-refractivity contribution in [1.82, 2.24) is 19.9 Å². The largest absolute Gasteiger partial charge is 0.482 e. The Balaban J connectivity index is 2.08. The minimum Gasteiger partial charge on any atom is -0.482 e. The maximum Gasteiger partial charge on any atom is 0.222 e. The second kappa shape index (κ2) is 9.61. The van der Waals surface area contributed by atoms with Crippen LogP contribution in [0.3, 0.4) is 0 Å². The van der Waals surface area contributed by atoms with Gasteiger partial charge in [0.25, 0.3) is 0 Å². The van der Waals surface area contributed by atoms with Crippen molar-refractivity contribution < 1.29 is 9.84 Å². The van der Waals surface area contributed by atoms with Crippen LogP contribution in [0.15, 0.2) is 24.8 Å². The van der Waals surface area contributed by atoms with E-state index in [2.05, 4.69) is 32.2 Å². The van der Waals surface area contributed by atoms with Gasteiger partial charge in [-0.25, -0.2) is 4.98 Å². The first-order chi connectivity index (χ1) is 11.7. The maximum atomic E-state index is 9.25. The molecule has 2 heterocycles. The van der Waals surface area contributed by atoms with Crippen LogP contribution in [-0.2, 0) is 6.61 Å². The van der Waals surface area contributed by atoms with Crippen molar-refractivity contribution >= 4 is 11.8 Å². The lowest BCUT2D eigenvalue weighted by Gasteiger charge is -2.20. The first kappa shape index (κ1) is 17.9. The van der Waals surface area contributed by atoms with Crippen molar-refractivity contribution in [1.29, 1.82) is 0 Å². The molecule has 0 radical (unpaired) electrons. The lowest BCUT2D eigenvalue weighted by Crippen LogP contribution is -2.22. The summed E-state index contributed by atoms with van der Waals surface area (Å²) in [6.07, 6.45) is 10.1. The Morgan fingerprint density at radius 1 is 1.25 bits per heavy atom. The number of aliphatic hydroxyl groups excluding tert-OH is 1. The van der Waals surface area contributed by atoms with Crippen LogP contribution in [0.1, 0.15) is 38.3 Å². The van der Waals surface area contributed by atoms with E-state index in [4.69, 9.17) is 10.5 Å². The number of hydrogen-bond donors (Lipinski definition) is 3. The summed E-state index contributed by atoms with van der Waals surface area (Å²) in [7, 11) is 0. The number of nitrogen functional groups attached to an aromatic ring is 1. The van der Waals surface area contributed by atoms with E-state index in [9.17, 15) is 5.11 Å². The van der Waals surface area contributed by atoms with E-state index >= 15 is 0 Å². The summed E-state index contributed by atoms with van der Waals surface area (Å²) in [4.78, 5) is 16.4. The minimum absolute atomic E-state index is 0.100. The summed E-state index contributed by atoms with van der Waals surface area (Å²) in [5.74, 6) is 1.19. The molecule has 130 valence electrons. The Morgan fingerprint density at radius 3 is 2.83 bits per heavy atom. The van der Waals surface area contributed by atoms with Gasteiger partial charge in [-0.3, -0.25) is 9.97 Å². The third-order valence-electron chi connectivity index (χ3n) is 3.49. The highest BCUT2D eigenvalue weighted by atomic mass is 16.5. The molecule has 0 aliphatic rings. The molecule has 0 spiro atoms.